The Morgan fingerprint density at radius 2 is 2.26 bits per heavy atom. The lowest BCUT2D eigenvalue weighted by molar-refractivity contribution is 0.0759. The van der Waals surface area contributed by atoms with Crippen LogP contribution >= 0.6 is 15.9 Å². The Bertz CT molecular complexity index is 649. The van der Waals surface area contributed by atoms with E-state index in [1.54, 1.807) is 17.3 Å². The monoisotopic (exact) mass is 322 g/mol. The second kappa shape index (κ2) is 4.82. The molecule has 0 radical (unpaired) electrons. The number of hydrogen-bond donors (Lipinski definition) is 1. The molecule has 3 rings (SSSR count). The topological polar surface area (TPSA) is 79.2 Å². The molecule has 0 aliphatic carbocycles. The van der Waals surface area contributed by atoms with Crippen LogP contribution in [0.3, 0.4) is 0 Å². The minimum atomic E-state index is -0.437. The molecule has 0 bridgehead atoms. The molecular weight excluding hydrogens is 312 g/mol. The number of likely N-dealkylation sites (tertiary alicyclic amines) is 1. The lowest BCUT2D eigenvalue weighted by Crippen LogP contribution is -2.30. The van der Waals surface area contributed by atoms with Crippen LogP contribution < -0.4 is 0 Å². The molecule has 1 fully saturated rings. The number of amides is 1. The summed E-state index contributed by atoms with van der Waals surface area (Å²) in [5, 5.41) is 9.47. The Labute approximate surface area is 117 Å². The molecule has 0 aromatic carbocycles. The fraction of sp³-hybridized carbons (Fsp3) is 0.333. The van der Waals surface area contributed by atoms with Crippen LogP contribution in [0.1, 0.15) is 16.9 Å². The molecule has 19 heavy (non-hydrogen) atoms. The zero-order chi connectivity index (χ0) is 13.4. The highest BCUT2D eigenvalue weighted by Crippen LogP contribution is 2.20. The highest BCUT2D eigenvalue weighted by Gasteiger charge is 2.26. The first-order valence-corrected chi connectivity index (χ1v) is 6.68. The SMILES string of the molecule is O=C(c1cnc2cncc(Br)c2n1)N1CC[C@@H](O)C1. The number of halogens is 1. The van der Waals surface area contributed by atoms with Crippen LogP contribution in [-0.2, 0) is 0 Å². The van der Waals surface area contributed by atoms with E-state index in [0.717, 1.165) is 0 Å². The number of aromatic nitrogens is 3. The number of carbonyl (C=O) groups excluding carboxylic acids is 1. The van der Waals surface area contributed by atoms with Crippen molar-refractivity contribution in [2.75, 3.05) is 13.1 Å². The molecule has 1 N–H and O–H groups in total. The van der Waals surface area contributed by atoms with Gasteiger partial charge in [0.15, 0.2) is 0 Å². The molecule has 1 saturated heterocycles. The fourth-order valence-electron chi connectivity index (χ4n) is 2.09. The molecule has 3 heterocycles. The van der Waals surface area contributed by atoms with Crippen LogP contribution in [0, 0.1) is 0 Å². The van der Waals surface area contributed by atoms with Gasteiger partial charge in [0.1, 0.15) is 16.7 Å². The summed E-state index contributed by atoms with van der Waals surface area (Å²) >= 11 is 3.34. The average Bonchev–Trinajstić information content (AvgIpc) is 2.85. The second-order valence-electron chi connectivity index (χ2n) is 4.44. The summed E-state index contributed by atoms with van der Waals surface area (Å²) in [7, 11) is 0. The maximum absolute atomic E-state index is 12.2. The molecule has 0 unspecified atom stereocenters. The highest BCUT2D eigenvalue weighted by molar-refractivity contribution is 9.10. The van der Waals surface area contributed by atoms with Gasteiger partial charge >= 0.3 is 0 Å². The van der Waals surface area contributed by atoms with Gasteiger partial charge in [-0.05, 0) is 22.4 Å². The van der Waals surface area contributed by atoms with Crippen molar-refractivity contribution in [3.05, 3.63) is 28.8 Å². The summed E-state index contributed by atoms with van der Waals surface area (Å²) in [6, 6.07) is 0. The van der Waals surface area contributed by atoms with Crippen LogP contribution in [0.4, 0.5) is 0 Å². The van der Waals surface area contributed by atoms with Gasteiger partial charge in [-0.3, -0.25) is 14.8 Å². The number of aliphatic hydroxyl groups is 1. The third-order valence-electron chi connectivity index (χ3n) is 3.08. The summed E-state index contributed by atoms with van der Waals surface area (Å²) in [5.74, 6) is -0.199. The molecule has 1 aliphatic heterocycles. The van der Waals surface area contributed by atoms with Gasteiger partial charge in [-0.2, -0.15) is 0 Å². The molecular formula is C12H11BrN4O2. The predicted octanol–water partition coefficient (Wildman–Crippen LogP) is 0.994. The van der Waals surface area contributed by atoms with Crippen LogP contribution in [0.2, 0.25) is 0 Å². The van der Waals surface area contributed by atoms with Crippen molar-refractivity contribution in [3.63, 3.8) is 0 Å². The number of hydrogen-bond acceptors (Lipinski definition) is 5. The zero-order valence-electron chi connectivity index (χ0n) is 9.95. The lowest BCUT2D eigenvalue weighted by atomic mass is 10.3. The number of β-amino-alcohol motifs (C(OH)–C–C–N with tert-alkyl or cyclic N) is 1. The Morgan fingerprint density at radius 3 is 3.00 bits per heavy atom. The summed E-state index contributed by atoms with van der Waals surface area (Å²) in [6.45, 7) is 0.910. The van der Waals surface area contributed by atoms with Gasteiger partial charge in [-0.15, -0.1) is 0 Å². The molecule has 1 aliphatic rings. The Balaban J connectivity index is 1.97. The Hall–Kier alpha value is -1.60. The number of aliphatic hydroxyl groups excluding tert-OH is 1. The van der Waals surface area contributed by atoms with Crippen LogP contribution in [0.25, 0.3) is 11.0 Å². The van der Waals surface area contributed by atoms with E-state index in [9.17, 15) is 9.90 Å². The van der Waals surface area contributed by atoms with Crippen molar-refractivity contribution >= 4 is 32.9 Å². The molecule has 0 spiro atoms. The third kappa shape index (κ3) is 2.31. The summed E-state index contributed by atoms with van der Waals surface area (Å²) in [4.78, 5) is 26.3. The van der Waals surface area contributed by atoms with E-state index < -0.39 is 6.10 Å². The zero-order valence-corrected chi connectivity index (χ0v) is 11.5. The molecule has 0 saturated carbocycles. The standard InChI is InChI=1S/C12H11BrN4O2/c13-8-3-14-4-9-11(8)16-10(5-15-9)12(19)17-2-1-7(18)6-17/h3-5,7,18H,1-2,6H2/t7-/m1/s1. The van der Waals surface area contributed by atoms with Crippen molar-refractivity contribution in [1.82, 2.24) is 19.9 Å². The molecule has 6 nitrogen and oxygen atoms in total. The van der Waals surface area contributed by atoms with E-state index >= 15 is 0 Å². The molecule has 2 aromatic heterocycles. The van der Waals surface area contributed by atoms with Crippen molar-refractivity contribution in [2.45, 2.75) is 12.5 Å². The molecule has 2 aromatic rings. The summed E-state index contributed by atoms with van der Waals surface area (Å²) in [5.41, 5.74) is 1.53. The van der Waals surface area contributed by atoms with E-state index in [-0.39, 0.29) is 11.6 Å². The van der Waals surface area contributed by atoms with E-state index in [0.29, 0.717) is 35.0 Å². The second-order valence-corrected chi connectivity index (χ2v) is 5.29. The maximum atomic E-state index is 12.2. The molecule has 1 amide bonds. The predicted molar refractivity (Wildman–Crippen MR) is 71.6 cm³/mol. The lowest BCUT2D eigenvalue weighted by Gasteiger charge is -2.14. The first kappa shape index (κ1) is 12.4. The van der Waals surface area contributed by atoms with Crippen molar-refractivity contribution in [3.8, 4) is 0 Å². The summed E-state index contributed by atoms with van der Waals surface area (Å²) < 4.78 is 0.702. The van der Waals surface area contributed by atoms with Crippen LogP contribution in [0.5, 0.6) is 0 Å². The van der Waals surface area contributed by atoms with Gasteiger partial charge in [0.25, 0.3) is 5.91 Å². The van der Waals surface area contributed by atoms with Gasteiger partial charge in [0.2, 0.25) is 0 Å². The van der Waals surface area contributed by atoms with Gasteiger partial charge in [-0.1, -0.05) is 0 Å². The number of fused-ring (bicyclic) bond motifs is 1. The fourth-order valence-corrected chi connectivity index (χ4v) is 2.50. The van der Waals surface area contributed by atoms with Crippen molar-refractivity contribution in [1.29, 1.82) is 0 Å². The van der Waals surface area contributed by atoms with E-state index in [1.807, 2.05) is 0 Å². The number of carbonyl (C=O) groups is 1. The Kier molecular flexibility index (Phi) is 3.16. The van der Waals surface area contributed by atoms with Crippen LogP contribution in [0.15, 0.2) is 23.1 Å². The van der Waals surface area contributed by atoms with Crippen molar-refractivity contribution in [2.24, 2.45) is 0 Å². The van der Waals surface area contributed by atoms with Gasteiger partial charge in [-0.25, -0.2) is 4.98 Å². The first-order chi connectivity index (χ1) is 9.15. The minimum Gasteiger partial charge on any atom is -0.391 e. The summed E-state index contributed by atoms with van der Waals surface area (Å²) in [6.07, 6.45) is 4.84. The van der Waals surface area contributed by atoms with E-state index in [4.69, 9.17) is 0 Å². The quantitative estimate of drug-likeness (QED) is 0.847. The number of nitrogens with zero attached hydrogens (tertiary/aromatic N) is 4. The molecule has 1 atom stereocenters. The van der Waals surface area contributed by atoms with E-state index in [1.165, 1.54) is 6.20 Å². The normalized spacial score (nSPS) is 19.1. The smallest absolute Gasteiger partial charge is 0.274 e. The van der Waals surface area contributed by atoms with Crippen molar-refractivity contribution < 1.29 is 9.90 Å². The van der Waals surface area contributed by atoms with Gasteiger partial charge < -0.3 is 10.0 Å². The minimum absolute atomic E-state index is 0.199. The van der Waals surface area contributed by atoms with Crippen LogP contribution in [-0.4, -0.2) is 50.1 Å². The van der Waals surface area contributed by atoms with Gasteiger partial charge in [0, 0.05) is 19.3 Å². The number of rotatable bonds is 1. The Morgan fingerprint density at radius 1 is 1.42 bits per heavy atom. The highest BCUT2D eigenvalue weighted by atomic mass is 79.9. The largest absolute Gasteiger partial charge is 0.391 e. The number of pyridine rings is 1. The maximum Gasteiger partial charge on any atom is 0.274 e. The van der Waals surface area contributed by atoms with E-state index in [2.05, 4.69) is 30.9 Å². The van der Waals surface area contributed by atoms with Gasteiger partial charge in [0.05, 0.1) is 23.0 Å². The first-order valence-electron chi connectivity index (χ1n) is 5.89. The molecule has 7 heteroatoms. The third-order valence-corrected chi connectivity index (χ3v) is 3.66. The average molecular weight is 323 g/mol. The molecule has 98 valence electrons.